The Morgan fingerprint density at radius 3 is 2.55 bits per heavy atom. The summed E-state index contributed by atoms with van der Waals surface area (Å²) < 4.78 is 4.13. The van der Waals surface area contributed by atoms with Crippen molar-refractivity contribution in [3.63, 3.8) is 0 Å². The van der Waals surface area contributed by atoms with Crippen LogP contribution in [0.4, 0.5) is 0 Å². The van der Waals surface area contributed by atoms with Crippen molar-refractivity contribution >= 4 is 21.5 Å². The van der Waals surface area contributed by atoms with Gasteiger partial charge in [0.05, 0.1) is 30.9 Å². The fourth-order valence-electron chi connectivity index (χ4n) is 3.28. The smallest absolute Gasteiger partial charge is 0.341 e. The quantitative estimate of drug-likeness (QED) is 0.342. The highest BCUT2D eigenvalue weighted by Crippen LogP contribution is 2.22. The summed E-state index contributed by atoms with van der Waals surface area (Å²) in [4.78, 5) is 12.7. The van der Waals surface area contributed by atoms with Gasteiger partial charge in [-0.3, -0.25) is 4.58 Å². The van der Waals surface area contributed by atoms with Gasteiger partial charge in [-0.25, -0.2) is 4.79 Å². The number of halogens is 1. The van der Waals surface area contributed by atoms with Gasteiger partial charge in [0.15, 0.2) is 0 Å². The van der Waals surface area contributed by atoms with E-state index in [1.165, 1.54) is 5.39 Å². The van der Waals surface area contributed by atoms with E-state index in [0.717, 1.165) is 41.2 Å². The van der Waals surface area contributed by atoms with Crippen LogP contribution in [0.1, 0.15) is 6.42 Å². The molecule has 0 saturated heterocycles. The van der Waals surface area contributed by atoms with Gasteiger partial charge in [0.2, 0.25) is 0 Å². The summed E-state index contributed by atoms with van der Waals surface area (Å²) in [6.45, 7) is 1.83. The molecule has 4 rings (SSSR count). The lowest BCUT2D eigenvalue weighted by Gasteiger charge is -2.13. The molecule has 1 aliphatic heterocycles. The summed E-state index contributed by atoms with van der Waals surface area (Å²) in [5.74, 6) is 0. The third kappa shape index (κ3) is 1.70. The Morgan fingerprint density at radius 1 is 1.10 bits per heavy atom. The van der Waals surface area contributed by atoms with Crippen molar-refractivity contribution in [1.82, 2.24) is 9.14 Å². The number of nitrogens with zero attached hydrogens (tertiary/aromatic N) is 2. The Balaban J connectivity index is 0.00000121. The second-order valence-corrected chi connectivity index (χ2v) is 5.26. The van der Waals surface area contributed by atoms with Crippen LogP contribution in [0.5, 0.6) is 0 Å². The lowest BCUT2D eigenvalue weighted by molar-refractivity contribution is -0.00000378. The van der Waals surface area contributed by atoms with Crippen LogP contribution in [0.2, 0.25) is 0 Å². The summed E-state index contributed by atoms with van der Waals surface area (Å²) in [5.41, 5.74) is 1.21. The van der Waals surface area contributed by atoms with Crippen LogP contribution in [-0.2, 0) is 6.54 Å². The summed E-state index contributed by atoms with van der Waals surface area (Å²) >= 11 is 0. The molecule has 0 aliphatic carbocycles. The Hall–Kier alpha value is -1.43. The molecule has 0 N–H and O–H groups in total. The maximum Gasteiger partial charge on any atom is 0.341 e. The van der Waals surface area contributed by atoms with Gasteiger partial charge in [0.1, 0.15) is 0 Å². The van der Waals surface area contributed by atoms with Gasteiger partial charge in [0, 0.05) is 11.8 Å². The Bertz CT molecular complexity index is 922. The molecule has 1 aromatic heterocycles. The third-order valence-corrected chi connectivity index (χ3v) is 4.11. The molecule has 0 unspecified atom stereocenters. The Kier molecular flexibility index (Phi) is 3.28. The molecule has 0 saturated carbocycles. The number of hydrogen-bond donors (Lipinski definition) is 0. The van der Waals surface area contributed by atoms with E-state index in [2.05, 4.69) is 35.9 Å². The van der Waals surface area contributed by atoms with Crippen LogP contribution in [0.15, 0.2) is 41.2 Å². The average Bonchev–Trinajstić information content (AvgIpc) is 2.44. The highest BCUT2D eigenvalue weighted by Gasteiger charge is 2.21. The fourth-order valence-corrected chi connectivity index (χ4v) is 3.28. The van der Waals surface area contributed by atoms with E-state index in [-0.39, 0.29) is 29.5 Å². The van der Waals surface area contributed by atoms with Gasteiger partial charge in [-0.05, 0) is 17.5 Å². The van der Waals surface area contributed by atoms with Crippen LogP contribution in [-0.4, -0.2) is 18.2 Å². The van der Waals surface area contributed by atoms with E-state index >= 15 is 0 Å². The van der Waals surface area contributed by atoms with Gasteiger partial charge in [-0.15, -0.1) is 0 Å². The largest absolute Gasteiger partial charge is 1.00 e. The van der Waals surface area contributed by atoms with Crippen molar-refractivity contribution in [1.29, 1.82) is 0 Å². The van der Waals surface area contributed by atoms with Crippen LogP contribution in [0.25, 0.3) is 21.5 Å². The van der Waals surface area contributed by atoms with Gasteiger partial charge in [0.25, 0.3) is 5.49 Å². The molecule has 4 heteroatoms. The number of aromatic nitrogens is 1. The normalized spacial score (nSPS) is 14.3. The minimum absolute atomic E-state index is 0. The van der Waals surface area contributed by atoms with Gasteiger partial charge in [-0.1, -0.05) is 24.3 Å². The monoisotopic (exact) mass is 378 g/mol. The first kappa shape index (κ1) is 13.5. The zero-order valence-electron chi connectivity index (χ0n) is 11.3. The van der Waals surface area contributed by atoms with Crippen molar-refractivity contribution in [2.24, 2.45) is 0 Å². The lowest BCUT2D eigenvalue weighted by atomic mass is 10.0. The SMILES string of the molecule is C[N+]1=c2c3cccc4cccc(c(=O)n2CCC1)c43.[I-]. The number of rotatable bonds is 0. The third-order valence-electron chi connectivity index (χ3n) is 4.11. The first-order chi connectivity index (χ1) is 9.27. The molecular weight excluding hydrogens is 363 g/mol. The molecule has 3 aromatic rings. The van der Waals surface area contributed by atoms with Gasteiger partial charge in [-0.2, -0.15) is 4.57 Å². The molecule has 0 fully saturated rings. The highest BCUT2D eigenvalue weighted by atomic mass is 127. The predicted octanol–water partition coefficient (Wildman–Crippen LogP) is -1.60. The maximum absolute atomic E-state index is 12.7. The Morgan fingerprint density at radius 2 is 1.80 bits per heavy atom. The molecule has 3 nitrogen and oxygen atoms in total. The van der Waals surface area contributed by atoms with Crippen LogP contribution in [0.3, 0.4) is 0 Å². The molecule has 0 bridgehead atoms. The molecule has 20 heavy (non-hydrogen) atoms. The summed E-state index contributed by atoms with van der Waals surface area (Å²) in [6, 6.07) is 12.3. The first-order valence-electron chi connectivity index (χ1n) is 6.69. The van der Waals surface area contributed by atoms with Crippen molar-refractivity contribution in [2.45, 2.75) is 13.0 Å². The van der Waals surface area contributed by atoms with E-state index in [1.807, 2.05) is 16.7 Å². The molecule has 0 radical (unpaired) electrons. The number of fused-ring (bicyclic) bond motifs is 2. The fraction of sp³-hybridized carbons (Fsp3) is 0.250. The van der Waals surface area contributed by atoms with E-state index in [4.69, 9.17) is 0 Å². The summed E-state index contributed by atoms with van der Waals surface area (Å²) in [7, 11) is 2.07. The van der Waals surface area contributed by atoms with Crippen molar-refractivity contribution in [3.05, 3.63) is 52.2 Å². The topological polar surface area (TPSA) is 25.0 Å². The van der Waals surface area contributed by atoms with Gasteiger partial charge < -0.3 is 24.0 Å². The van der Waals surface area contributed by atoms with E-state index < -0.39 is 0 Å². The molecule has 2 aromatic carbocycles. The molecule has 0 spiro atoms. The minimum Gasteiger partial charge on any atom is -1.00 e. The lowest BCUT2D eigenvalue weighted by Crippen LogP contribution is -3.00. The van der Waals surface area contributed by atoms with Crippen molar-refractivity contribution < 1.29 is 24.0 Å². The molecular formula is C16H15IN2O. The Labute approximate surface area is 133 Å². The second-order valence-electron chi connectivity index (χ2n) is 5.26. The van der Waals surface area contributed by atoms with Crippen LogP contribution in [0, 0.1) is 0 Å². The standard InChI is InChI=1S/C16H15N2O.HI/c1-17-9-4-10-18-15(17)12-7-2-5-11-6-3-8-13(14(11)12)16(18)19;/h2-3,5-8H,4,9-10H2,1H3;1H/q+1;/p-1. The van der Waals surface area contributed by atoms with Gasteiger partial charge >= 0.3 is 5.56 Å². The maximum atomic E-state index is 12.7. The first-order valence-corrected chi connectivity index (χ1v) is 6.69. The molecule has 2 heterocycles. The molecule has 0 atom stereocenters. The zero-order valence-corrected chi connectivity index (χ0v) is 13.4. The second kappa shape index (κ2) is 4.84. The predicted molar refractivity (Wildman–Crippen MR) is 77.6 cm³/mol. The van der Waals surface area contributed by atoms with E-state index in [9.17, 15) is 4.79 Å². The van der Waals surface area contributed by atoms with Crippen molar-refractivity contribution in [2.75, 3.05) is 13.6 Å². The molecule has 102 valence electrons. The number of pyridine rings is 1. The summed E-state index contributed by atoms with van der Waals surface area (Å²) in [5, 5.41) is 4.28. The van der Waals surface area contributed by atoms with Crippen LogP contribution >= 0.6 is 0 Å². The number of benzene rings is 2. The molecule has 0 amide bonds. The van der Waals surface area contributed by atoms with Crippen molar-refractivity contribution in [3.8, 4) is 0 Å². The summed E-state index contributed by atoms with van der Waals surface area (Å²) in [6.07, 6.45) is 1.03. The highest BCUT2D eigenvalue weighted by molar-refractivity contribution is 6.09. The average molecular weight is 378 g/mol. The van der Waals surface area contributed by atoms with Crippen LogP contribution < -0.4 is 39.6 Å². The van der Waals surface area contributed by atoms with E-state index in [1.54, 1.807) is 0 Å². The van der Waals surface area contributed by atoms with E-state index in [0.29, 0.717) is 0 Å². The number of hydrogen-bond acceptors (Lipinski definition) is 1. The zero-order chi connectivity index (χ0) is 13.0. The minimum atomic E-state index is 0. The molecule has 1 aliphatic rings.